The molecule has 0 amide bonds. The summed E-state index contributed by atoms with van der Waals surface area (Å²) in [6.45, 7) is 3.77. The summed E-state index contributed by atoms with van der Waals surface area (Å²) >= 11 is 0. The smallest absolute Gasteiger partial charge is 0.192 e. The van der Waals surface area contributed by atoms with Crippen LogP contribution in [0.15, 0.2) is 0 Å². The maximum absolute atomic E-state index is 12.8. The fourth-order valence-electron chi connectivity index (χ4n) is 0.877. The van der Waals surface area contributed by atoms with Crippen molar-refractivity contribution in [2.45, 2.75) is 51.9 Å². The Morgan fingerprint density at radius 2 is 1.83 bits per heavy atom. The quantitative estimate of drug-likeness (QED) is 0.451. The highest BCUT2D eigenvalue weighted by molar-refractivity contribution is 5.08. The van der Waals surface area contributed by atoms with Gasteiger partial charge in [-0.05, 0) is 12.3 Å². The molecule has 0 bridgehead atoms. The Labute approximate surface area is 73.4 Å². The molecule has 0 nitrogen and oxygen atoms in total. The normalized spacial score (nSPS) is 10.7. The largest absolute Gasteiger partial charge is 0.308 e. The first kappa shape index (κ1) is 11.4. The number of unbranched alkanes of at least 4 members (excludes halogenated alkanes) is 2. The molecule has 0 aliphatic carbocycles. The van der Waals surface area contributed by atoms with Crippen LogP contribution >= 0.6 is 0 Å². The summed E-state index contributed by atoms with van der Waals surface area (Å²) in [5, 5.41) is 0. The van der Waals surface area contributed by atoms with E-state index in [1.807, 2.05) is 12.8 Å². The lowest BCUT2D eigenvalue weighted by atomic mass is 10.1. The summed E-state index contributed by atoms with van der Waals surface area (Å²) < 4.78 is 25.5. The van der Waals surface area contributed by atoms with Gasteiger partial charge in [-0.25, -0.2) is 0 Å². The molecule has 0 radical (unpaired) electrons. The van der Waals surface area contributed by atoms with Crippen molar-refractivity contribution in [2.24, 2.45) is 0 Å². The average Bonchev–Trinajstić information content (AvgIpc) is 2.01. The Kier molecular flexibility index (Phi) is 5.70. The molecule has 2 heteroatoms. The Morgan fingerprint density at radius 1 is 1.17 bits per heavy atom. The molecule has 0 unspecified atom stereocenters. The Bertz CT molecular complexity index is 162. The lowest BCUT2D eigenvalue weighted by molar-refractivity contribution is 0.0537. The van der Waals surface area contributed by atoms with E-state index in [2.05, 4.69) is 5.92 Å². The third kappa shape index (κ3) is 6.15. The molecule has 70 valence electrons. The van der Waals surface area contributed by atoms with E-state index >= 15 is 0 Å². The van der Waals surface area contributed by atoms with Crippen LogP contribution in [0.5, 0.6) is 0 Å². The third-order valence-electron chi connectivity index (χ3n) is 1.54. The first-order valence-electron chi connectivity index (χ1n) is 4.50. The summed E-state index contributed by atoms with van der Waals surface area (Å²) in [5.41, 5.74) is 0. The molecule has 0 atom stereocenters. The third-order valence-corrected chi connectivity index (χ3v) is 1.54. The van der Waals surface area contributed by atoms with Crippen molar-refractivity contribution in [1.29, 1.82) is 0 Å². The minimum absolute atomic E-state index is 0.0894. The Hall–Kier alpha value is -0.580. The first-order chi connectivity index (χ1) is 5.62. The monoisotopic (exact) mass is 174 g/mol. The summed E-state index contributed by atoms with van der Waals surface area (Å²) in [6.07, 6.45) is 2.82. The zero-order valence-corrected chi connectivity index (χ0v) is 7.79. The van der Waals surface area contributed by atoms with Gasteiger partial charge in [0.2, 0.25) is 0 Å². The fourth-order valence-corrected chi connectivity index (χ4v) is 0.877. The molecule has 0 spiro atoms. The minimum atomic E-state index is -2.76. The summed E-state index contributed by atoms with van der Waals surface area (Å²) in [5.74, 6) is 1.64. The molecule has 0 aromatic carbocycles. The van der Waals surface area contributed by atoms with Gasteiger partial charge in [0, 0.05) is 12.8 Å². The van der Waals surface area contributed by atoms with E-state index < -0.39 is 5.92 Å². The molecule has 0 rings (SSSR count). The zero-order valence-electron chi connectivity index (χ0n) is 7.79. The molecule has 12 heavy (non-hydrogen) atoms. The van der Waals surface area contributed by atoms with Gasteiger partial charge in [0.1, 0.15) is 0 Å². The van der Waals surface area contributed by atoms with Crippen LogP contribution in [0.4, 0.5) is 8.78 Å². The molecule has 0 N–H and O–H groups in total. The van der Waals surface area contributed by atoms with E-state index in [9.17, 15) is 8.78 Å². The van der Waals surface area contributed by atoms with Gasteiger partial charge in [-0.1, -0.05) is 32.6 Å². The summed E-state index contributed by atoms with van der Waals surface area (Å²) in [6, 6.07) is 0. The number of rotatable bonds is 4. The van der Waals surface area contributed by atoms with Crippen molar-refractivity contribution in [3.05, 3.63) is 0 Å². The number of hydrogen-bond acceptors (Lipinski definition) is 0. The van der Waals surface area contributed by atoms with Crippen LogP contribution in [0.2, 0.25) is 0 Å². The zero-order chi connectivity index (χ0) is 9.45. The lowest BCUT2D eigenvalue weighted by Crippen LogP contribution is -2.12. The van der Waals surface area contributed by atoms with Gasteiger partial charge in [-0.3, -0.25) is 0 Å². The summed E-state index contributed by atoms with van der Waals surface area (Å²) in [7, 11) is 0. The molecule has 0 saturated heterocycles. The van der Waals surface area contributed by atoms with E-state index in [1.165, 1.54) is 0 Å². The highest BCUT2D eigenvalue weighted by Crippen LogP contribution is 2.20. The second-order valence-corrected chi connectivity index (χ2v) is 2.82. The number of hydrogen-bond donors (Lipinski definition) is 0. The minimum Gasteiger partial charge on any atom is -0.192 e. The Balaban J connectivity index is 3.71. The van der Waals surface area contributed by atoms with Crippen molar-refractivity contribution in [2.75, 3.05) is 0 Å². The van der Waals surface area contributed by atoms with Crippen LogP contribution in [0.1, 0.15) is 46.0 Å². The highest BCUT2D eigenvalue weighted by atomic mass is 19.3. The topological polar surface area (TPSA) is 0 Å². The van der Waals surface area contributed by atoms with Crippen LogP contribution in [-0.4, -0.2) is 5.92 Å². The second-order valence-electron chi connectivity index (χ2n) is 2.82. The van der Waals surface area contributed by atoms with E-state index in [4.69, 9.17) is 0 Å². The van der Waals surface area contributed by atoms with Crippen LogP contribution < -0.4 is 0 Å². The molecule has 0 saturated carbocycles. The van der Waals surface area contributed by atoms with Crippen molar-refractivity contribution >= 4 is 0 Å². The molecule has 0 heterocycles. The van der Waals surface area contributed by atoms with E-state index in [0.29, 0.717) is 12.8 Å². The number of halogens is 2. The highest BCUT2D eigenvalue weighted by Gasteiger charge is 2.24. The van der Waals surface area contributed by atoms with E-state index in [0.717, 1.165) is 12.8 Å². The van der Waals surface area contributed by atoms with Gasteiger partial charge in [0.05, 0.1) is 0 Å². The van der Waals surface area contributed by atoms with E-state index in [-0.39, 0.29) is 6.42 Å². The predicted molar refractivity (Wildman–Crippen MR) is 47.2 cm³/mol. The van der Waals surface area contributed by atoms with Gasteiger partial charge < -0.3 is 0 Å². The van der Waals surface area contributed by atoms with Crippen LogP contribution in [-0.2, 0) is 0 Å². The molecule has 0 aliphatic heterocycles. The molecule has 0 fully saturated rings. The first-order valence-corrected chi connectivity index (χ1v) is 4.50. The van der Waals surface area contributed by atoms with Crippen LogP contribution in [0, 0.1) is 11.8 Å². The standard InChI is InChI=1S/C10H16F2/c1-3-5-7-9-10(11,12)8-6-4-2/h3-5,7,9H2,1-2H3. The van der Waals surface area contributed by atoms with Gasteiger partial charge in [0.15, 0.2) is 0 Å². The van der Waals surface area contributed by atoms with Crippen molar-refractivity contribution < 1.29 is 8.78 Å². The van der Waals surface area contributed by atoms with E-state index in [1.54, 1.807) is 6.92 Å². The molecular weight excluding hydrogens is 158 g/mol. The lowest BCUT2D eigenvalue weighted by Gasteiger charge is -2.07. The summed E-state index contributed by atoms with van der Waals surface area (Å²) in [4.78, 5) is 0. The van der Waals surface area contributed by atoms with Gasteiger partial charge >= 0.3 is 5.92 Å². The van der Waals surface area contributed by atoms with Crippen molar-refractivity contribution in [3.8, 4) is 11.8 Å². The second kappa shape index (κ2) is 5.99. The molecular formula is C10H16F2. The predicted octanol–water partition coefficient (Wildman–Crippen LogP) is 3.62. The van der Waals surface area contributed by atoms with Gasteiger partial charge in [-0.2, -0.15) is 8.78 Å². The Morgan fingerprint density at radius 3 is 2.33 bits per heavy atom. The maximum atomic E-state index is 12.8. The van der Waals surface area contributed by atoms with Crippen LogP contribution in [0.25, 0.3) is 0 Å². The van der Waals surface area contributed by atoms with Gasteiger partial charge in [-0.15, -0.1) is 0 Å². The average molecular weight is 174 g/mol. The van der Waals surface area contributed by atoms with Crippen molar-refractivity contribution in [3.63, 3.8) is 0 Å². The number of alkyl halides is 2. The molecule has 0 aromatic heterocycles. The van der Waals surface area contributed by atoms with Crippen LogP contribution in [0.3, 0.4) is 0 Å². The molecule has 0 aliphatic rings. The van der Waals surface area contributed by atoms with Gasteiger partial charge in [0.25, 0.3) is 0 Å². The SMILES string of the molecule is CCC#CC(F)(F)CCCCC. The molecule has 0 aromatic rings. The van der Waals surface area contributed by atoms with Crippen molar-refractivity contribution in [1.82, 2.24) is 0 Å². The fraction of sp³-hybridized carbons (Fsp3) is 0.800. The maximum Gasteiger partial charge on any atom is 0.308 e.